The molecule has 1 aliphatic rings. The summed E-state index contributed by atoms with van der Waals surface area (Å²) in [5.74, 6) is 0.887. The second-order valence-corrected chi connectivity index (χ2v) is 6.71. The third-order valence-corrected chi connectivity index (χ3v) is 4.47. The second-order valence-electron chi connectivity index (χ2n) is 6.71. The lowest BCUT2D eigenvalue weighted by molar-refractivity contribution is 0.0530. The average molecular weight is 321 g/mol. The van der Waals surface area contributed by atoms with Gasteiger partial charge in [-0.15, -0.1) is 0 Å². The Balaban J connectivity index is 2.07. The molecule has 1 aromatic rings. The molecule has 128 valence electrons. The van der Waals surface area contributed by atoms with Gasteiger partial charge in [0.1, 0.15) is 5.82 Å². The van der Waals surface area contributed by atoms with Crippen LogP contribution in [0, 0.1) is 11.7 Å². The first-order valence-electron chi connectivity index (χ1n) is 8.39. The number of ether oxygens (including phenoxy) is 1. The van der Waals surface area contributed by atoms with Gasteiger partial charge in [-0.1, -0.05) is 26.0 Å². The summed E-state index contributed by atoms with van der Waals surface area (Å²) >= 11 is 0. The number of guanidine groups is 1. The Bertz CT molecular complexity index is 525. The maximum absolute atomic E-state index is 13.6. The Labute approximate surface area is 138 Å². The number of nitrogens with one attached hydrogen (secondary N) is 1. The van der Waals surface area contributed by atoms with E-state index in [0.717, 1.165) is 31.4 Å². The molecule has 0 saturated carbocycles. The molecule has 0 spiro atoms. The zero-order valence-electron chi connectivity index (χ0n) is 14.1. The molecule has 0 unspecified atom stereocenters. The molecule has 23 heavy (non-hydrogen) atoms. The summed E-state index contributed by atoms with van der Waals surface area (Å²) in [6.45, 7) is 7.08. The summed E-state index contributed by atoms with van der Waals surface area (Å²) in [6, 6.07) is 6.83. The lowest BCUT2D eigenvalue weighted by Gasteiger charge is -2.36. The summed E-state index contributed by atoms with van der Waals surface area (Å²) in [6.07, 6.45) is 2.72. The Hall–Kier alpha value is -1.62. The van der Waals surface area contributed by atoms with Gasteiger partial charge in [-0.3, -0.25) is 4.99 Å². The summed E-state index contributed by atoms with van der Waals surface area (Å²) in [7, 11) is 0. The van der Waals surface area contributed by atoms with Crippen molar-refractivity contribution in [3.8, 4) is 0 Å². The molecule has 0 aromatic heterocycles. The number of hydrogen-bond acceptors (Lipinski definition) is 2. The first-order valence-corrected chi connectivity index (χ1v) is 8.39. The van der Waals surface area contributed by atoms with E-state index < -0.39 is 0 Å². The molecule has 3 N–H and O–H groups in total. The van der Waals surface area contributed by atoms with Crippen LogP contribution < -0.4 is 11.1 Å². The van der Waals surface area contributed by atoms with Crippen molar-refractivity contribution in [1.29, 1.82) is 0 Å². The van der Waals surface area contributed by atoms with Gasteiger partial charge in [0, 0.05) is 25.2 Å². The van der Waals surface area contributed by atoms with Crippen LogP contribution in [0.15, 0.2) is 29.3 Å². The first kappa shape index (κ1) is 17.7. The Morgan fingerprint density at radius 2 is 2.13 bits per heavy atom. The SMILES string of the molecule is CC(C)CCNC(N)=NCC1(c2cccc(F)c2)CCOCC1. The third-order valence-electron chi connectivity index (χ3n) is 4.47. The smallest absolute Gasteiger partial charge is 0.188 e. The van der Waals surface area contributed by atoms with Crippen molar-refractivity contribution in [3.63, 3.8) is 0 Å². The van der Waals surface area contributed by atoms with Crippen molar-refractivity contribution in [1.82, 2.24) is 5.32 Å². The maximum atomic E-state index is 13.6. The predicted molar refractivity (Wildman–Crippen MR) is 92.1 cm³/mol. The fourth-order valence-corrected chi connectivity index (χ4v) is 2.90. The highest BCUT2D eigenvalue weighted by molar-refractivity contribution is 5.77. The lowest BCUT2D eigenvalue weighted by Crippen LogP contribution is -2.39. The normalized spacial score (nSPS) is 18.2. The van der Waals surface area contributed by atoms with Crippen molar-refractivity contribution in [2.75, 3.05) is 26.3 Å². The van der Waals surface area contributed by atoms with Gasteiger partial charge in [0.2, 0.25) is 0 Å². The van der Waals surface area contributed by atoms with Crippen molar-refractivity contribution >= 4 is 5.96 Å². The fraction of sp³-hybridized carbons (Fsp3) is 0.611. The fourth-order valence-electron chi connectivity index (χ4n) is 2.90. The van der Waals surface area contributed by atoms with Crippen LogP contribution >= 0.6 is 0 Å². The molecule has 4 nitrogen and oxygen atoms in total. The largest absolute Gasteiger partial charge is 0.381 e. The van der Waals surface area contributed by atoms with Crippen LogP contribution in [-0.4, -0.2) is 32.3 Å². The highest BCUT2D eigenvalue weighted by Crippen LogP contribution is 2.35. The van der Waals surface area contributed by atoms with E-state index in [1.807, 2.05) is 6.07 Å². The average Bonchev–Trinajstić information content (AvgIpc) is 2.53. The third kappa shape index (κ3) is 5.20. The van der Waals surface area contributed by atoms with Gasteiger partial charge in [-0.2, -0.15) is 0 Å². The van der Waals surface area contributed by atoms with Crippen LogP contribution in [0.3, 0.4) is 0 Å². The first-order chi connectivity index (χ1) is 11.0. The minimum Gasteiger partial charge on any atom is -0.381 e. The predicted octanol–water partition coefficient (Wildman–Crippen LogP) is 2.82. The van der Waals surface area contributed by atoms with Crippen molar-refractivity contribution in [3.05, 3.63) is 35.6 Å². The maximum Gasteiger partial charge on any atom is 0.188 e. The van der Waals surface area contributed by atoms with Crippen molar-refractivity contribution < 1.29 is 9.13 Å². The minimum absolute atomic E-state index is 0.190. The van der Waals surface area contributed by atoms with E-state index in [0.29, 0.717) is 31.6 Å². The number of hydrogen-bond donors (Lipinski definition) is 2. The molecule has 0 bridgehead atoms. The minimum atomic E-state index is -0.208. The summed E-state index contributed by atoms with van der Waals surface area (Å²) in [5.41, 5.74) is 6.77. The molecule has 1 aliphatic heterocycles. The Kier molecular flexibility index (Phi) is 6.39. The monoisotopic (exact) mass is 321 g/mol. The molecular formula is C18H28FN3O. The number of rotatable bonds is 6. The van der Waals surface area contributed by atoms with Gasteiger partial charge < -0.3 is 15.8 Å². The number of nitrogens with zero attached hydrogens (tertiary/aromatic N) is 1. The van der Waals surface area contributed by atoms with E-state index in [9.17, 15) is 4.39 Å². The zero-order valence-corrected chi connectivity index (χ0v) is 14.1. The van der Waals surface area contributed by atoms with E-state index >= 15 is 0 Å². The molecule has 1 saturated heterocycles. The summed E-state index contributed by atoms with van der Waals surface area (Å²) in [4.78, 5) is 4.53. The van der Waals surface area contributed by atoms with Crippen LogP contribution in [0.2, 0.25) is 0 Å². The van der Waals surface area contributed by atoms with Crippen LogP contribution in [-0.2, 0) is 10.2 Å². The van der Waals surface area contributed by atoms with E-state index in [1.165, 1.54) is 6.07 Å². The molecule has 2 rings (SSSR count). The molecular weight excluding hydrogens is 293 g/mol. The standard InChI is InChI=1S/C18H28FN3O/c1-14(2)6-9-21-17(20)22-13-18(7-10-23-11-8-18)15-4-3-5-16(19)12-15/h3-5,12,14H,6-11,13H2,1-2H3,(H3,20,21,22). The number of nitrogens with two attached hydrogens (primary N) is 1. The molecule has 1 aromatic carbocycles. The molecule has 0 atom stereocenters. The molecule has 0 radical (unpaired) electrons. The molecule has 5 heteroatoms. The Morgan fingerprint density at radius 1 is 1.39 bits per heavy atom. The topological polar surface area (TPSA) is 59.6 Å². The zero-order chi connectivity index (χ0) is 16.7. The quantitative estimate of drug-likeness (QED) is 0.626. The number of benzene rings is 1. The number of halogens is 1. The van der Waals surface area contributed by atoms with Crippen LogP contribution in [0.5, 0.6) is 0 Å². The van der Waals surface area contributed by atoms with Crippen molar-refractivity contribution in [2.45, 2.75) is 38.5 Å². The van der Waals surface area contributed by atoms with Crippen LogP contribution in [0.1, 0.15) is 38.7 Å². The molecule has 1 heterocycles. The van der Waals surface area contributed by atoms with E-state index in [-0.39, 0.29) is 11.2 Å². The van der Waals surface area contributed by atoms with E-state index in [4.69, 9.17) is 10.5 Å². The highest BCUT2D eigenvalue weighted by atomic mass is 19.1. The number of aliphatic imine (C=N–C) groups is 1. The summed E-state index contributed by atoms with van der Waals surface area (Å²) < 4.78 is 19.1. The van der Waals surface area contributed by atoms with Crippen molar-refractivity contribution in [2.24, 2.45) is 16.6 Å². The van der Waals surface area contributed by atoms with Gasteiger partial charge in [-0.05, 0) is 42.9 Å². The van der Waals surface area contributed by atoms with Crippen LogP contribution in [0.4, 0.5) is 4.39 Å². The molecule has 0 aliphatic carbocycles. The van der Waals surface area contributed by atoms with Gasteiger partial charge in [0.05, 0.1) is 6.54 Å². The lowest BCUT2D eigenvalue weighted by atomic mass is 9.74. The van der Waals surface area contributed by atoms with E-state index in [1.54, 1.807) is 12.1 Å². The van der Waals surface area contributed by atoms with Crippen LogP contribution in [0.25, 0.3) is 0 Å². The van der Waals surface area contributed by atoms with Gasteiger partial charge >= 0.3 is 0 Å². The van der Waals surface area contributed by atoms with Gasteiger partial charge in [0.15, 0.2) is 5.96 Å². The molecule has 1 fully saturated rings. The summed E-state index contributed by atoms with van der Waals surface area (Å²) in [5, 5.41) is 3.16. The highest BCUT2D eigenvalue weighted by Gasteiger charge is 2.34. The second kappa shape index (κ2) is 8.29. The Morgan fingerprint density at radius 3 is 2.78 bits per heavy atom. The molecule has 0 amide bonds. The van der Waals surface area contributed by atoms with Gasteiger partial charge in [0.25, 0.3) is 0 Å². The van der Waals surface area contributed by atoms with E-state index in [2.05, 4.69) is 24.2 Å². The van der Waals surface area contributed by atoms with Gasteiger partial charge in [-0.25, -0.2) is 4.39 Å².